The fourth-order valence-corrected chi connectivity index (χ4v) is 4.39. The summed E-state index contributed by atoms with van der Waals surface area (Å²) >= 11 is 13.2. The average Bonchev–Trinajstić information content (AvgIpc) is 3.20. The molecule has 2 aromatic carbocycles. The SMILES string of the molecule is CCOC(=O)c1nn(-c2ccccc2)c(=O)c2c(NC(=O)c3cc(Cl)ccc3Cl)scc12. The number of thiophene rings is 1. The van der Waals surface area contributed by atoms with Crippen LogP contribution in [-0.2, 0) is 4.74 Å². The molecule has 0 bridgehead atoms. The van der Waals surface area contributed by atoms with Crippen LogP contribution in [0.15, 0.2) is 58.7 Å². The van der Waals surface area contributed by atoms with Crippen molar-refractivity contribution in [3.05, 3.63) is 85.6 Å². The molecule has 0 aliphatic carbocycles. The highest BCUT2D eigenvalue weighted by atomic mass is 35.5. The van der Waals surface area contributed by atoms with Crippen LogP contribution in [0.2, 0.25) is 10.0 Å². The number of nitrogens with one attached hydrogen (secondary N) is 1. The maximum Gasteiger partial charge on any atom is 0.359 e. The van der Waals surface area contributed by atoms with Crippen molar-refractivity contribution >= 4 is 62.2 Å². The zero-order valence-corrected chi connectivity index (χ0v) is 18.9. The van der Waals surface area contributed by atoms with Gasteiger partial charge in [0, 0.05) is 15.8 Å². The summed E-state index contributed by atoms with van der Waals surface area (Å²) in [5.74, 6) is -1.21. The Morgan fingerprint density at radius 2 is 1.91 bits per heavy atom. The van der Waals surface area contributed by atoms with E-state index in [1.807, 2.05) is 0 Å². The van der Waals surface area contributed by atoms with Crippen LogP contribution in [0.5, 0.6) is 0 Å². The topological polar surface area (TPSA) is 90.3 Å². The number of carbonyl (C=O) groups is 2. The van der Waals surface area contributed by atoms with Crippen LogP contribution in [0.25, 0.3) is 16.5 Å². The fourth-order valence-electron chi connectivity index (χ4n) is 3.08. The number of nitrogens with zero attached hydrogens (tertiary/aromatic N) is 2. The van der Waals surface area contributed by atoms with Gasteiger partial charge in [-0.1, -0.05) is 41.4 Å². The number of benzene rings is 2. The standard InChI is InChI=1S/C22H15Cl2N3O4S/c1-2-31-22(30)18-15-11-32-20(25-19(28)14-10-12(23)8-9-16(14)24)17(15)21(29)27(26-18)13-6-4-3-5-7-13/h3-11H,2H2,1H3,(H,25,28). The maximum absolute atomic E-state index is 13.3. The molecule has 0 unspecified atom stereocenters. The number of carbonyl (C=O) groups excluding carboxylic acids is 2. The third kappa shape index (κ3) is 4.12. The van der Waals surface area contributed by atoms with Gasteiger partial charge in [-0.2, -0.15) is 9.78 Å². The van der Waals surface area contributed by atoms with Crippen LogP contribution in [-0.4, -0.2) is 28.3 Å². The minimum Gasteiger partial charge on any atom is -0.461 e. The monoisotopic (exact) mass is 487 g/mol. The molecule has 0 aliphatic rings. The van der Waals surface area contributed by atoms with Crippen molar-refractivity contribution in [2.75, 3.05) is 11.9 Å². The van der Waals surface area contributed by atoms with Crippen molar-refractivity contribution in [2.45, 2.75) is 6.92 Å². The lowest BCUT2D eigenvalue weighted by atomic mass is 10.2. The normalized spacial score (nSPS) is 10.8. The maximum atomic E-state index is 13.3. The van der Waals surface area contributed by atoms with E-state index in [-0.39, 0.29) is 38.7 Å². The number of esters is 1. The first kappa shape index (κ1) is 22.0. The molecule has 1 N–H and O–H groups in total. The Bertz CT molecular complexity index is 1400. The third-order valence-electron chi connectivity index (χ3n) is 4.52. The van der Waals surface area contributed by atoms with Gasteiger partial charge in [-0.05, 0) is 37.3 Å². The molecule has 0 spiro atoms. The number of fused-ring (bicyclic) bond motifs is 1. The van der Waals surface area contributed by atoms with Crippen molar-refractivity contribution in [3.63, 3.8) is 0 Å². The molecule has 4 rings (SSSR count). The second-order valence-corrected chi connectivity index (χ2v) is 8.28. The Balaban J connectivity index is 1.89. The zero-order chi connectivity index (χ0) is 22.8. The van der Waals surface area contributed by atoms with E-state index in [1.54, 1.807) is 48.7 Å². The second-order valence-electron chi connectivity index (χ2n) is 6.55. The van der Waals surface area contributed by atoms with Gasteiger partial charge < -0.3 is 10.1 Å². The van der Waals surface area contributed by atoms with Crippen LogP contribution >= 0.6 is 34.5 Å². The highest BCUT2D eigenvalue weighted by Crippen LogP contribution is 2.32. The summed E-state index contributed by atoms with van der Waals surface area (Å²) in [4.78, 5) is 38.8. The number of amides is 1. The van der Waals surface area contributed by atoms with Crippen LogP contribution in [0, 0.1) is 0 Å². The second kappa shape index (κ2) is 9.12. The predicted molar refractivity (Wildman–Crippen MR) is 126 cm³/mol. The number of halogens is 2. The summed E-state index contributed by atoms with van der Waals surface area (Å²) in [6.45, 7) is 1.82. The Morgan fingerprint density at radius 3 is 2.62 bits per heavy atom. The lowest BCUT2D eigenvalue weighted by molar-refractivity contribution is 0.0520. The van der Waals surface area contributed by atoms with Crippen LogP contribution in [0.1, 0.15) is 27.8 Å². The number of rotatable bonds is 5. The van der Waals surface area contributed by atoms with E-state index in [0.29, 0.717) is 10.7 Å². The van der Waals surface area contributed by atoms with E-state index >= 15 is 0 Å². The minimum absolute atomic E-state index is 0.0251. The van der Waals surface area contributed by atoms with Gasteiger partial charge in [0.15, 0.2) is 5.69 Å². The Hall–Kier alpha value is -3.20. The molecule has 0 radical (unpaired) electrons. The van der Waals surface area contributed by atoms with E-state index < -0.39 is 17.4 Å². The van der Waals surface area contributed by atoms with Crippen molar-refractivity contribution in [2.24, 2.45) is 0 Å². The zero-order valence-electron chi connectivity index (χ0n) is 16.6. The number of ether oxygens (including phenoxy) is 1. The molecule has 0 atom stereocenters. The largest absolute Gasteiger partial charge is 0.461 e. The van der Waals surface area contributed by atoms with E-state index in [0.717, 1.165) is 16.0 Å². The number of anilines is 1. The molecule has 1 amide bonds. The van der Waals surface area contributed by atoms with Crippen molar-refractivity contribution in [1.82, 2.24) is 9.78 Å². The van der Waals surface area contributed by atoms with Gasteiger partial charge >= 0.3 is 5.97 Å². The number of aromatic nitrogens is 2. The van der Waals surface area contributed by atoms with E-state index in [9.17, 15) is 14.4 Å². The smallest absolute Gasteiger partial charge is 0.359 e. The van der Waals surface area contributed by atoms with Gasteiger partial charge in [-0.3, -0.25) is 9.59 Å². The molecule has 0 aliphatic heterocycles. The molecule has 0 saturated heterocycles. The summed E-state index contributed by atoms with van der Waals surface area (Å²) in [6, 6.07) is 13.2. The molecule has 2 aromatic heterocycles. The molecular weight excluding hydrogens is 473 g/mol. The van der Waals surface area contributed by atoms with E-state index in [2.05, 4.69) is 10.4 Å². The minimum atomic E-state index is -0.671. The Kier molecular flexibility index (Phi) is 6.27. The van der Waals surface area contributed by atoms with Crippen molar-refractivity contribution in [3.8, 4) is 5.69 Å². The first-order chi connectivity index (χ1) is 15.4. The highest BCUT2D eigenvalue weighted by Gasteiger charge is 2.23. The molecule has 10 heteroatoms. The average molecular weight is 488 g/mol. The first-order valence-corrected chi connectivity index (χ1v) is 11.1. The highest BCUT2D eigenvalue weighted by molar-refractivity contribution is 7.16. The molecule has 0 saturated carbocycles. The van der Waals surface area contributed by atoms with Gasteiger partial charge in [-0.15, -0.1) is 11.3 Å². The van der Waals surface area contributed by atoms with E-state index in [1.165, 1.54) is 12.1 Å². The molecule has 32 heavy (non-hydrogen) atoms. The van der Waals surface area contributed by atoms with Crippen LogP contribution in [0.3, 0.4) is 0 Å². The van der Waals surface area contributed by atoms with Crippen molar-refractivity contribution in [1.29, 1.82) is 0 Å². The van der Waals surface area contributed by atoms with Gasteiger partial charge in [-0.25, -0.2) is 4.79 Å². The Labute approximate surface area is 196 Å². The number of para-hydroxylation sites is 1. The third-order valence-corrected chi connectivity index (χ3v) is 5.98. The fraction of sp³-hybridized carbons (Fsp3) is 0.0909. The number of hydrogen-bond acceptors (Lipinski definition) is 6. The van der Waals surface area contributed by atoms with Gasteiger partial charge in [0.1, 0.15) is 5.00 Å². The molecular formula is C22H15Cl2N3O4S. The molecule has 4 aromatic rings. The molecule has 0 fully saturated rings. The lowest BCUT2D eigenvalue weighted by Crippen LogP contribution is -2.25. The summed E-state index contributed by atoms with van der Waals surface area (Å²) in [7, 11) is 0. The van der Waals surface area contributed by atoms with Crippen LogP contribution in [0.4, 0.5) is 5.00 Å². The summed E-state index contributed by atoms with van der Waals surface area (Å²) in [5.41, 5.74) is 0.103. The van der Waals surface area contributed by atoms with Crippen molar-refractivity contribution < 1.29 is 14.3 Å². The lowest BCUT2D eigenvalue weighted by Gasteiger charge is -2.10. The molecule has 162 valence electrons. The summed E-state index contributed by atoms with van der Waals surface area (Å²) in [6.07, 6.45) is 0. The van der Waals surface area contributed by atoms with E-state index in [4.69, 9.17) is 27.9 Å². The predicted octanol–water partition coefficient (Wildman–Crippen LogP) is 5.18. The summed E-state index contributed by atoms with van der Waals surface area (Å²) in [5, 5.41) is 9.78. The quantitative estimate of drug-likeness (QED) is 0.391. The van der Waals surface area contributed by atoms with Gasteiger partial charge in [0.25, 0.3) is 11.5 Å². The van der Waals surface area contributed by atoms with Crippen LogP contribution < -0.4 is 10.9 Å². The van der Waals surface area contributed by atoms with Gasteiger partial charge in [0.2, 0.25) is 0 Å². The summed E-state index contributed by atoms with van der Waals surface area (Å²) < 4.78 is 6.24. The molecule has 7 nitrogen and oxygen atoms in total. The number of hydrogen-bond donors (Lipinski definition) is 1. The molecule has 2 heterocycles. The Morgan fingerprint density at radius 1 is 1.16 bits per heavy atom. The first-order valence-electron chi connectivity index (χ1n) is 9.44. The van der Waals surface area contributed by atoms with Gasteiger partial charge in [0.05, 0.1) is 28.3 Å².